The minimum Gasteiger partial charge on any atom is -0.298 e. The Morgan fingerprint density at radius 3 is 2.62 bits per heavy atom. The zero-order valence-corrected chi connectivity index (χ0v) is 7.24. The van der Waals surface area contributed by atoms with E-state index in [-0.39, 0.29) is 5.92 Å². The largest absolute Gasteiger partial charge is 0.298 e. The maximum Gasteiger partial charge on any atom is 0.150 e. The van der Waals surface area contributed by atoms with Gasteiger partial charge in [-0.3, -0.25) is 4.79 Å². The van der Waals surface area contributed by atoms with Crippen molar-refractivity contribution in [2.24, 2.45) is 0 Å². The molecule has 1 fully saturated rings. The second kappa shape index (κ2) is 3.29. The van der Waals surface area contributed by atoms with E-state index < -0.39 is 6.17 Å². The lowest BCUT2D eigenvalue weighted by Gasteiger charge is -2.30. The third-order valence-electron chi connectivity index (χ3n) is 2.64. The summed E-state index contributed by atoms with van der Waals surface area (Å²) in [7, 11) is 0. The Morgan fingerprint density at radius 1 is 1.31 bits per heavy atom. The molecule has 0 aromatic heterocycles. The van der Waals surface area contributed by atoms with Crippen LogP contribution in [0.4, 0.5) is 4.39 Å². The fourth-order valence-corrected chi connectivity index (χ4v) is 1.79. The quantitative estimate of drug-likeness (QED) is 0.636. The van der Waals surface area contributed by atoms with Crippen molar-refractivity contribution in [1.29, 1.82) is 0 Å². The van der Waals surface area contributed by atoms with Gasteiger partial charge < -0.3 is 0 Å². The van der Waals surface area contributed by atoms with Crippen molar-refractivity contribution in [3.8, 4) is 0 Å². The van der Waals surface area contributed by atoms with Gasteiger partial charge in [-0.05, 0) is 24.3 Å². The molecule has 0 bridgehead atoms. The van der Waals surface area contributed by atoms with Crippen molar-refractivity contribution in [3.05, 3.63) is 35.4 Å². The van der Waals surface area contributed by atoms with Crippen molar-refractivity contribution in [2.75, 3.05) is 0 Å². The van der Waals surface area contributed by atoms with Crippen LogP contribution in [0.15, 0.2) is 24.3 Å². The maximum atomic E-state index is 12.6. The first-order valence-electron chi connectivity index (χ1n) is 4.49. The molecule has 2 rings (SSSR count). The van der Waals surface area contributed by atoms with E-state index in [0.29, 0.717) is 18.4 Å². The summed E-state index contributed by atoms with van der Waals surface area (Å²) in [5, 5.41) is 0. The first-order valence-corrected chi connectivity index (χ1v) is 4.49. The highest BCUT2D eigenvalue weighted by Gasteiger charge is 2.31. The van der Waals surface area contributed by atoms with Crippen LogP contribution in [0, 0.1) is 0 Å². The van der Waals surface area contributed by atoms with Crippen LogP contribution in [-0.4, -0.2) is 12.5 Å². The number of hydrogen-bond donors (Lipinski definition) is 0. The Labute approximate surface area is 76.6 Å². The van der Waals surface area contributed by atoms with Crippen LogP contribution in [-0.2, 0) is 0 Å². The Hall–Kier alpha value is -1.18. The van der Waals surface area contributed by atoms with E-state index in [2.05, 4.69) is 0 Å². The summed E-state index contributed by atoms with van der Waals surface area (Å²) in [5.41, 5.74) is 1.71. The average Bonchev–Trinajstić information content (AvgIpc) is 2.13. The average molecular weight is 178 g/mol. The molecule has 1 saturated carbocycles. The summed E-state index contributed by atoms with van der Waals surface area (Å²) in [5.74, 6) is 0.261. The minimum atomic E-state index is -0.662. The monoisotopic (exact) mass is 178 g/mol. The van der Waals surface area contributed by atoms with Crippen LogP contribution < -0.4 is 0 Å². The molecule has 0 radical (unpaired) electrons. The normalized spacial score (nSPS) is 26.5. The molecule has 1 aromatic rings. The van der Waals surface area contributed by atoms with Crippen LogP contribution in [0.5, 0.6) is 0 Å². The van der Waals surface area contributed by atoms with Crippen LogP contribution in [0.25, 0.3) is 0 Å². The van der Waals surface area contributed by atoms with E-state index in [1.165, 1.54) is 0 Å². The van der Waals surface area contributed by atoms with Gasteiger partial charge in [0.25, 0.3) is 0 Å². The van der Waals surface area contributed by atoms with Gasteiger partial charge in [-0.25, -0.2) is 4.39 Å². The highest BCUT2D eigenvalue weighted by molar-refractivity contribution is 5.77. The van der Waals surface area contributed by atoms with Gasteiger partial charge in [0.2, 0.25) is 0 Å². The highest BCUT2D eigenvalue weighted by atomic mass is 19.1. The summed E-state index contributed by atoms with van der Waals surface area (Å²) < 4.78 is 12.6. The summed E-state index contributed by atoms with van der Waals surface area (Å²) in [4.78, 5) is 10.7. The van der Waals surface area contributed by atoms with Crippen LogP contribution >= 0.6 is 0 Å². The Kier molecular flexibility index (Phi) is 2.13. The molecule has 1 aliphatic rings. The van der Waals surface area contributed by atoms with Crippen molar-refractivity contribution in [1.82, 2.24) is 0 Å². The van der Waals surface area contributed by atoms with Gasteiger partial charge in [0.1, 0.15) is 12.5 Å². The molecule has 1 aliphatic carbocycles. The fraction of sp³-hybridized carbons (Fsp3) is 0.364. The van der Waals surface area contributed by atoms with E-state index in [0.717, 1.165) is 11.8 Å². The summed E-state index contributed by atoms with van der Waals surface area (Å²) in [6, 6.07) is 7.43. The zero-order valence-electron chi connectivity index (χ0n) is 7.24. The smallest absolute Gasteiger partial charge is 0.150 e. The molecule has 2 heteroatoms. The van der Waals surface area contributed by atoms with Crippen LogP contribution in [0.1, 0.15) is 34.7 Å². The van der Waals surface area contributed by atoms with E-state index in [1.54, 1.807) is 6.07 Å². The SMILES string of the molecule is O=Cc1ccccc1C1CC(F)C1. The molecule has 0 saturated heterocycles. The molecule has 1 nitrogen and oxygen atoms in total. The summed E-state index contributed by atoms with van der Waals surface area (Å²) in [6.07, 6.45) is 1.33. The van der Waals surface area contributed by atoms with Crippen LogP contribution in [0.2, 0.25) is 0 Å². The number of benzene rings is 1. The molecule has 0 spiro atoms. The van der Waals surface area contributed by atoms with Crippen molar-refractivity contribution in [2.45, 2.75) is 24.9 Å². The first kappa shape index (κ1) is 8.42. The number of aldehydes is 1. The molecule has 1 aromatic carbocycles. The summed E-state index contributed by atoms with van der Waals surface area (Å²) >= 11 is 0. The van der Waals surface area contributed by atoms with Gasteiger partial charge in [0, 0.05) is 5.56 Å². The first-order chi connectivity index (χ1) is 6.31. The number of halogens is 1. The van der Waals surface area contributed by atoms with Gasteiger partial charge in [-0.2, -0.15) is 0 Å². The molecule has 13 heavy (non-hydrogen) atoms. The molecule has 0 aliphatic heterocycles. The van der Waals surface area contributed by atoms with Gasteiger partial charge in [-0.1, -0.05) is 24.3 Å². The van der Waals surface area contributed by atoms with Crippen molar-refractivity contribution in [3.63, 3.8) is 0 Å². The van der Waals surface area contributed by atoms with Gasteiger partial charge >= 0.3 is 0 Å². The fourth-order valence-electron chi connectivity index (χ4n) is 1.79. The molecule has 0 atom stereocenters. The molecular weight excluding hydrogens is 167 g/mol. The zero-order chi connectivity index (χ0) is 9.26. The molecular formula is C11H11FO. The van der Waals surface area contributed by atoms with E-state index >= 15 is 0 Å². The lowest BCUT2D eigenvalue weighted by atomic mass is 9.77. The second-order valence-electron chi connectivity index (χ2n) is 3.51. The maximum absolute atomic E-state index is 12.6. The van der Waals surface area contributed by atoms with E-state index in [4.69, 9.17) is 0 Å². The molecule has 0 heterocycles. The van der Waals surface area contributed by atoms with Crippen LogP contribution in [0.3, 0.4) is 0 Å². The highest BCUT2D eigenvalue weighted by Crippen LogP contribution is 2.39. The molecule has 0 unspecified atom stereocenters. The van der Waals surface area contributed by atoms with Gasteiger partial charge in [0.05, 0.1) is 0 Å². The van der Waals surface area contributed by atoms with E-state index in [9.17, 15) is 9.18 Å². The lowest BCUT2D eigenvalue weighted by molar-refractivity contribution is 0.111. The third kappa shape index (κ3) is 1.48. The third-order valence-corrected chi connectivity index (χ3v) is 2.64. The Morgan fingerprint density at radius 2 is 2.00 bits per heavy atom. The number of carbonyl (C=O) groups is 1. The predicted molar refractivity (Wildman–Crippen MR) is 48.7 cm³/mol. The number of alkyl halides is 1. The summed E-state index contributed by atoms with van der Waals surface area (Å²) in [6.45, 7) is 0. The number of carbonyl (C=O) groups excluding carboxylic acids is 1. The van der Waals surface area contributed by atoms with Gasteiger partial charge in [-0.15, -0.1) is 0 Å². The second-order valence-corrected chi connectivity index (χ2v) is 3.51. The van der Waals surface area contributed by atoms with Crippen molar-refractivity contribution >= 4 is 6.29 Å². The Bertz CT molecular complexity index is 316. The standard InChI is InChI=1S/C11H11FO/c12-10-5-9(6-10)11-4-2-1-3-8(11)7-13/h1-4,7,9-10H,5-6H2. The number of hydrogen-bond acceptors (Lipinski definition) is 1. The lowest BCUT2D eigenvalue weighted by Crippen LogP contribution is -2.23. The molecule has 68 valence electrons. The molecule has 0 N–H and O–H groups in total. The molecule has 0 amide bonds. The van der Waals surface area contributed by atoms with Crippen molar-refractivity contribution < 1.29 is 9.18 Å². The number of rotatable bonds is 2. The Balaban J connectivity index is 2.24. The topological polar surface area (TPSA) is 17.1 Å². The van der Waals surface area contributed by atoms with Gasteiger partial charge in [0.15, 0.2) is 0 Å². The minimum absolute atomic E-state index is 0.261. The van der Waals surface area contributed by atoms with E-state index in [1.807, 2.05) is 18.2 Å². The predicted octanol–water partition coefficient (Wildman–Crippen LogP) is 2.71.